The van der Waals surface area contributed by atoms with Crippen molar-refractivity contribution in [1.29, 1.82) is 0 Å². The Labute approximate surface area is 120 Å². The standard InChI is InChI=1S/C18H20O2/c1-2-3-7-13-20-18(19)17-12-8-11-16(14-17)15-9-5-4-6-10-15/h4-6,8-12,14H,2-3,7,13H2,1H3. The summed E-state index contributed by atoms with van der Waals surface area (Å²) < 4.78 is 5.28. The third-order valence-electron chi connectivity index (χ3n) is 3.19. The van der Waals surface area contributed by atoms with Crippen LogP contribution in [0.5, 0.6) is 0 Å². The van der Waals surface area contributed by atoms with E-state index >= 15 is 0 Å². The maximum atomic E-state index is 12.0. The fourth-order valence-electron chi connectivity index (χ4n) is 2.06. The SMILES string of the molecule is CCCCCOC(=O)c1cccc(-c2ccccc2)c1. The third-order valence-corrected chi connectivity index (χ3v) is 3.19. The first kappa shape index (κ1) is 14.3. The highest BCUT2D eigenvalue weighted by atomic mass is 16.5. The predicted molar refractivity (Wildman–Crippen MR) is 81.7 cm³/mol. The molecule has 0 bridgehead atoms. The smallest absolute Gasteiger partial charge is 0.338 e. The van der Waals surface area contributed by atoms with Gasteiger partial charge in [-0.2, -0.15) is 0 Å². The van der Waals surface area contributed by atoms with E-state index in [2.05, 4.69) is 6.92 Å². The van der Waals surface area contributed by atoms with Gasteiger partial charge >= 0.3 is 5.97 Å². The van der Waals surface area contributed by atoms with E-state index in [1.54, 1.807) is 6.07 Å². The lowest BCUT2D eigenvalue weighted by molar-refractivity contribution is 0.0498. The first-order valence-corrected chi connectivity index (χ1v) is 7.14. The molecule has 104 valence electrons. The lowest BCUT2D eigenvalue weighted by atomic mass is 10.0. The second-order valence-electron chi connectivity index (χ2n) is 4.79. The Kier molecular flexibility index (Phi) is 5.36. The second-order valence-corrected chi connectivity index (χ2v) is 4.79. The van der Waals surface area contributed by atoms with Gasteiger partial charge in [0.1, 0.15) is 0 Å². The number of carbonyl (C=O) groups is 1. The van der Waals surface area contributed by atoms with E-state index in [1.807, 2.05) is 48.5 Å². The second kappa shape index (κ2) is 7.49. The van der Waals surface area contributed by atoms with Crippen LogP contribution in [-0.4, -0.2) is 12.6 Å². The molecule has 0 aliphatic rings. The summed E-state index contributed by atoms with van der Waals surface area (Å²) in [7, 11) is 0. The fraction of sp³-hybridized carbons (Fsp3) is 0.278. The Hall–Kier alpha value is -2.09. The monoisotopic (exact) mass is 268 g/mol. The summed E-state index contributed by atoms with van der Waals surface area (Å²) in [5.41, 5.74) is 2.75. The van der Waals surface area contributed by atoms with Gasteiger partial charge in [0.15, 0.2) is 0 Å². The highest BCUT2D eigenvalue weighted by molar-refractivity contribution is 5.91. The molecule has 0 N–H and O–H groups in total. The molecule has 0 saturated heterocycles. The number of hydrogen-bond acceptors (Lipinski definition) is 2. The number of hydrogen-bond donors (Lipinski definition) is 0. The van der Waals surface area contributed by atoms with Crippen molar-refractivity contribution in [2.24, 2.45) is 0 Å². The van der Waals surface area contributed by atoms with Gasteiger partial charge in [-0.3, -0.25) is 0 Å². The van der Waals surface area contributed by atoms with E-state index in [0.29, 0.717) is 12.2 Å². The van der Waals surface area contributed by atoms with E-state index in [-0.39, 0.29) is 5.97 Å². The number of carbonyl (C=O) groups excluding carboxylic acids is 1. The van der Waals surface area contributed by atoms with Gasteiger partial charge in [0.05, 0.1) is 12.2 Å². The van der Waals surface area contributed by atoms with Crippen molar-refractivity contribution in [3.05, 3.63) is 60.2 Å². The van der Waals surface area contributed by atoms with E-state index in [4.69, 9.17) is 4.74 Å². The van der Waals surface area contributed by atoms with Crippen LogP contribution in [0.15, 0.2) is 54.6 Å². The molecule has 20 heavy (non-hydrogen) atoms. The Morgan fingerprint density at radius 3 is 2.45 bits per heavy atom. The minimum Gasteiger partial charge on any atom is -0.462 e. The van der Waals surface area contributed by atoms with Crippen molar-refractivity contribution >= 4 is 5.97 Å². The molecule has 0 aliphatic heterocycles. The summed E-state index contributed by atoms with van der Waals surface area (Å²) in [6.07, 6.45) is 3.15. The van der Waals surface area contributed by atoms with Gasteiger partial charge in [-0.15, -0.1) is 0 Å². The zero-order chi connectivity index (χ0) is 14.2. The van der Waals surface area contributed by atoms with Crippen molar-refractivity contribution in [3.8, 4) is 11.1 Å². The van der Waals surface area contributed by atoms with Gasteiger partial charge in [-0.1, -0.05) is 62.2 Å². The van der Waals surface area contributed by atoms with Crippen molar-refractivity contribution < 1.29 is 9.53 Å². The lowest BCUT2D eigenvalue weighted by Crippen LogP contribution is -2.06. The molecule has 2 aromatic rings. The highest BCUT2D eigenvalue weighted by Crippen LogP contribution is 2.20. The quantitative estimate of drug-likeness (QED) is 0.560. The van der Waals surface area contributed by atoms with Crippen LogP contribution in [0.2, 0.25) is 0 Å². The zero-order valence-corrected chi connectivity index (χ0v) is 11.8. The van der Waals surface area contributed by atoms with Crippen LogP contribution in [0.1, 0.15) is 36.5 Å². The molecular weight excluding hydrogens is 248 g/mol. The molecule has 0 radical (unpaired) electrons. The minimum atomic E-state index is -0.237. The van der Waals surface area contributed by atoms with Crippen molar-refractivity contribution in [1.82, 2.24) is 0 Å². The van der Waals surface area contributed by atoms with Gasteiger partial charge in [0.2, 0.25) is 0 Å². The molecule has 0 aromatic heterocycles. The topological polar surface area (TPSA) is 26.3 Å². The summed E-state index contributed by atoms with van der Waals surface area (Å²) in [6.45, 7) is 2.63. The summed E-state index contributed by atoms with van der Waals surface area (Å²) in [5, 5.41) is 0. The Morgan fingerprint density at radius 1 is 0.950 bits per heavy atom. The molecule has 0 fully saturated rings. The van der Waals surface area contributed by atoms with E-state index < -0.39 is 0 Å². The van der Waals surface area contributed by atoms with Gasteiger partial charge in [0.25, 0.3) is 0 Å². The van der Waals surface area contributed by atoms with E-state index in [1.165, 1.54) is 0 Å². The average Bonchev–Trinajstić information content (AvgIpc) is 2.52. The fourth-order valence-corrected chi connectivity index (χ4v) is 2.06. The number of rotatable bonds is 6. The van der Waals surface area contributed by atoms with Crippen LogP contribution in [0.3, 0.4) is 0 Å². The van der Waals surface area contributed by atoms with Crippen LogP contribution in [0.4, 0.5) is 0 Å². The number of esters is 1. The summed E-state index contributed by atoms with van der Waals surface area (Å²) in [4.78, 5) is 12.0. The van der Waals surface area contributed by atoms with Crippen LogP contribution >= 0.6 is 0 Å². The van der Waals surface area contributed by atoms with Crippen LogP contribution in [0, 0.1) is 0 Å². The molecule has 0 saturated carbocycles. The Balaban J connectivity index is 2.04. The zero-order valence-electron chi connectivity index (χ0n) is 11.8. The molecule has 2 aromatic carbocycles. The molecule has 0 unspecified atom stereocenters. The summed E-state index contributed by atoms with van der Waals surface area (Å²) in [6, 6.07) is 17.6. The highest BCUT2D eigenvalue weighted by Gasteiger charge is 2.08. The first-order valence-electron chi connectivity index (χ1n) is 7.14. The van der Waals surface area contributed by atoms with Crippen LogP contribution < -0.4 is 0 Å². The van der Waals surface area contributed by atoms with E-state index in [0.717, 1.165) is 30.4 Å². The van der Waals surface area contributed by atoms with Crippen molar-refractivity contribution in [3.63, 3.8) is 0 Å². The largest absolute Gasteiger partial charge is 0.462 e. The molecular formula is C18H20O2. The number of ether oxygens (including phenoxy) is 1. The number of benzene rings is 2. The summed E-state index contributed by atoms with van der Waals surface area (Å²) >= 11 is 0. The average molecular weight is 268 g/mol. The van der Waals surface area contributed by atoms with Crippen LogP contribution in [0.25, 0.3) is 11.1 Å². The maximum absolute atomic E-state index is 12.0. The molecule has 0 amide bonds. The minimum absolute atomic E-state index is 0.237. The van der Waals surface area contributed by atoms with Gasteiger partial charge in [-0.05, 0) is 29.7 Å². The lowest BCUT2D eigenvalue weighted by Gasteiger charge is -2.06. The van der Waals surface area contributed by atoms with E-state index in [9.17, 15) is 4.79 Å². The summed E-state index contributed by atoms with van der Waals surface area (Å²) in [5.74, 6) is -0.237. The first-order chi connectivity index (χ1) is 9.81. The van der Waals surface area contributed by atoms with Crippen LogP contribution in [-0.2, 0) is 4.74 Å². The Bertz CT molecular complexity index is 546. The van der Waals surface area contributed by atoms with Gasteiger partial charge < -0.3 is 4.74 Å². The molecule has 0 heterocycles. The molecule has 0 aliphatic carbocycles. The molecule has 2 rings (SSSR count). The molecule has 2 heteroatoms. The molecule has 0 spiro atoms. The maximum Gasteiger partial charge on any atom is 0.338 e. The van der Waals surface area contributed by atoms with Crippen molar-refractivity contribution in [2.75, 3.05) is 6.61 Å². The van der Waals surface area contributed by atoms with Gasteiger partial charge in [-0.25, -0.2) is 4.79 Å². The predicted octanol–water partition coefficient (Wildman–Crippen LogP) is 4.70. The Morgan fingerprint density at radius 2 is 1.70 bits per heavy atom. The molecule has 2 nitrogen and oxygen atoms in total. The number of unbranched alkanes of at least 4 members (excludes halogenated alkanes) is 2. The molecule has 0 atom stereocenters. The van der Waals surface area contributed by atoms with Gasteiger partial charge in [0, 0.05) is 0 Å². The normalized spacial score (nSPS) is 10.2. The van der Waals surface area contributed by atoms with Crippen molar-refractivity contribution in [2.45, 2.75) is 26.2 Å². The third kappa shape index (κ3) is 3.95.